The first kappa shape index (κ1) is 18.0. The minimum absolute atomic E-state index is 0.0562. The van der Waals surface area contributed by atoms with Crippen LogP contribution in [0.1, 0.15) is 52.4 Å². The molecule has 2 amide bonds. The molecule has 0 aromatic rings. The second-order valence-corrected chi connectivity index (χ2v) is 9.41. The van der Waals surface area contributed by atoms with Gasteiger partial charge in [0.25, 0.3) is 0 Å². The molecule has 3 saturated carbocycles. The van der Waals surface area contributed by atoms with E-state index in [9.17, 15) is 9.59 Å². The molecule has 0 radical (unpaired) electrons. The molecular formula is C21H32N2O3. The van der Waals surface area contributed by atoms with Crippen LogP contribution in [0.4, 0.5) is 0 Å². The van der Waals surface area contributed by atoms with Gasteiger partial charge in [-0.15, -0.1) is 0 Å². The van der Waals surface area contributed by atoms with E-state index < -0.39 is 0 Å². The van der Waals surface area contributed by atoms with Crippen LogP contribution < -0.4 is 5.32 Å². The molecule has 3 aliphatic carbocycles. The molecule has 3 fully saturated rings. The third-order valence-corrected chi connectivity index (χ3v) is 8.57. The Hall–Kier alpha value is -1.36. The Bertz CT molecular complexity index is 647. The van der Waals surface area contributed by atoms with Crippen LogP contribution in [0.2, 0.25) is 0 Å². The molecule has 4 aliphatic rings. The summed E-state index contributed by atoms with van der Waals surface area (Å²) < 4.78 is 0. The first-order valence-corrected chi connectivity index (χ1v) is 10.1. The van der Waals surface area contributed by atoms with Crippen molar-refractivity contribution in [3.05, 3.63) is 12.2 Å². The fourth-order valence-electron chi connectivity index (χ4n) is 7.05. The molecule has 5 nitrogen and oxygen atoms in total. The Morgan fingerprint density at radius 3 is 2.69 bits per heavy atom. The molecule has 0 bridgehead atoms. The van der Waals surface area contributed by atoms with Crippen LogP contribution in [-0.4, -0.2) is 37.1 Å². The third-order valence-electron chi connectivity index (χ3n) is 8.57. The Labute approximate surface area is 156 Å². The number of fused-ring (bicyclic) bond motifs is 5. The monoisotopic (exact) mass is 360 g/mol. The molecule has 5 heteroatoms. The minimum Gasteiger partial charge on any atom is -0.349 e. The zero-order valence-electron chi connectivity index (χ0n) is 16.5. The predicted molar refractivity (Wildman–Crippen MR) is 98.7 cm³/mol. The summed E-state index contributed by atoms with van der Waals surface area (Å²) in [6.45, 7) is 4.68. The molecule has 26 heavy (non-hydrogen) atoms. The molecule has 0 aromatic carbocycles. The number of nitrogens with one attached hydrogen (secondary N) is 1. The summed E-state index contributed by atoms with van der Waals surface area (Å²) in [7, 11) is 3.29. The smallest absolute Gasteiger partial charge is 0.249 e. The molecule has 0 saturated heterocycles. The number of amides is 2. The van der Waals surface area contributed by atoms with Crippen molar-refractivity contribution < 1.29 is 14.4 Å². The van der Waals surface area contributed by atoms with Crippen LogP contribution in [0.15, 0.2) is 12.2 Å². The van der Waals surface area contributed by atoms with E-state index in [4.69, 9.17) is 4.84 Å². The molecule has 6 unspecified atom stereocenters. The van der Waals surface area contributed by atoms with Crippen molar-refractivity contribution in [2.75, 3.05) is 14.2 Å². The first-order chi connectivity index (χ1) is 12.3. The van der Waals surface area contributed by atoms with Crippen molar-refractivity contribution in [1.29, 1.82) is 0 Å². The highest BCUT2D eigenvalue weighted by Crippen LogP contribution is 2.65. The lowest BCUT2D eigenvalue weighted by atomic mass is 9.48. The highest BCUT2D eigenvalue weighted by Gasteiger charge is 2.61. The fraction of sp³-hybridized carbons (Fsp3) is 0.810. The molecule has 7 atom stereocenters. The van der Waals surface area contributed by atoms with Gasteiger partial charge in [-0.25, -0.2) is 5.06 Å². The molecule has 0 aromatic heterocycles. The number of nitrogens with zero attached hydrogens (tertiary/aromatic N) is 1. The van der Waals surface area contributed by atoms with Crippen molar-refractivity contribution in [2.24, 2.45) is 34.5 Å². The Kier molecular flexibility index (Phi) is 4.22. The van der Waals surface area contributed by atoms with Gasteiger partial charge in [-0.3, -0.25) is 14.4 Å². The normalized spacial score (nSPS) is 46.8. The topological polar surface area (TPSA) is 58.6 Å². The molecular weight excluding hydrogens is 328 g/mol. The second-order valence-electron chi connectivity index (χ2n) is 9.41. The van der Waals surface area contributed by atoms with Gasteiger partial charge in [0.1, 0.15) is 0 Å². The van der Waals surface area contributed by atoms with Gasteiger partial charge in [0.05, 0.1) is 7.11 Å². The van der Waals surface area contributed by atoms with E-state index in [1.165, 1.54) is 11.5 Å². The lowest BCUT2D eigenvalue weighted by molar-refractivity contribution is -0.179. The molecule has 1 aliphatic heterocycles. The maximum absolute atomic E-state index is 12.9. The Morgan fingerprint density at radius 1 is 1.19 bits per heavy atom. The number of rotatable bonds is 2. The molecule has 1 heterocycles. The number of hydrogen-bond acceptors (Lipinski definition) is 3. The van der Waals surface area contributed by atoms with Gasteiger partial charge in [-0.2, -0.15) is 0 Å². The van der Waals surface area contributed by atoms with Crippen LogP contribution in [0.3, 0.4) is 0 Å². The Balaban J connectivity index is 1.61. The van der Waals surface area contributed by atoms with Gasteiger partial charge in [-0.05, 0) is 67.8 Å². The van der Waals surface area contributed by atoms with Gasteiger partial charge in [-0.1, -0.05) is 19.9 Å². The van der Waals surface area contributed by atoms with Crippen molar-refractivity contribution >= 4 is 11.8 Å². The maximum Gasteiger partial charge on any atom is 0.249 e. The van der Waals surface area contributed by atoms with E-state index in [2.05, 4.69) is 25.2 Å². The Morgan fingerprint density at radius 2 is 1.96 bits per heavy atom. The predicted octanol–water partition coefficient (Wildman–Crippen LogP) is 2.92. The molecule has 0 spiro atoms. The average Bonchev–Trinajstić information content (AvgIpc) is 2.98. The lowest BCUT2D eigenvalue weighted by Crippen LogP contribution is -2.59. The van der Waals surface area contributed by atoms with Gasteiger partial charge in [0.15, 0.2) is 0 Å². The number of hydrogen-bond donors (Lipinski definition) is 1. The molecule has 4 rings (SSSR count). The lowest BCUT2D eigenvalue weighted by Gasteiger charge is -2.58. The summed E-state index contributed by atoms with van der Waals surface area (Å²) in [5.41, 5.74) is 0.138. The highest BCUT2D eigenvalue weighted by atomic mass is 16.7. The molecule has 1 N–H and O–H groups in total. The van der Waals surface area contributed by atoms with Crippen LogP contribution in [0.25, 0.3) is 0 Å². The van der Waals surface area contributed by atoms with Crippen molar-refractivity contribution in [3.8, 4) is 0 Å². The zero-order chi connectivity index (χ0) is 18.7. The third kappa shape index (κ3) is 2.39. The summed E-state index contributed by atoms with van der Waals surface area (Å²) in [6.07, 6.45) is 10.5. The van der Waals surface area contributed by atoms with E-state index >= 15 is 0 Å². The van der Waals surface area contributed by atoms with Gasteiger partial charge in [0, 0.05) is 24.4 Å². The highest BCUT2D eigenvalue weighted by molar-refractivity contribution is 5.89. The van der Waals surface area contributed by atoms with Gasteiger partial charge >= 0.3 is 0 Å². The average molecular weight is 360 g/mol. The van der Waals surface area contributed by atoms with Crippen LogP contribution >= 0.6 is 0 Å². The summed E-state index contributed by atoms with van der Waals surface area (Å²) in [6, 6.07) is 0.268. The number of carbonyl (C=O) groups excluding carboxylic acids is 2. The van der Waals surface area contributed by atoms with E-state index in [0.717, 1.165) is 32.1 Å². The largest absolute Gasteiger partial charge is 0.349 e. The zero-order valence-corrected chi connectivity index (χ0v) is 16.5. The van der Waals surface area contributed by atoms with Crippen molar-refractivity contribution in [2.45, 2.75) is 58.4 Å². The van der Waals surface area contributed by atoms with E-state index in [0.29, 0.717) is 17.8 Å². The van der Waals surface area contributed by atoms with E-state index in [1.807, 2.05) is 0 Å². The van der Waals surface area contributed by atoms with Crippen molar-refractivity contribution in [1.82, 2.24) is 10.4 Å². The van der Waals surface area contributed by atoms with Crippen LogP contribution in [0.5, 0.6) is 0 Å². The fourth-order valence-corrected chi connectivity index (χ4v) is 7.05. The molecule has 144 valence electrons. The van der Waals surface area contributed by atoms with Crippen LogP contribution in [-0.2, 0) is 14.4 Å². The first-order valence-electron chi connectivity index (χ1n) is 10.1. The van der Waals surface area contributed by atoms with Crippen LogP contribution in [0, 0.1) is 34.5 Å². The summed E-state index contributed by atoms with van der Waals surface area (Å²) >= 11 is 0. The second kappa shape index (κ2) is 6.08. The standard InChI is InChI=1S/C21H32N2O3/c1-20-11-9-15-13(5-8-17-21(15,2)12-10-18(24)22-17)14(20)6-7-16(20)19(25)23(3)26-4/h10,12-17H,5-9,11H2,1-4H3,(H,22,24)/t13?,14?,15?,16?,17-,20?,21?/m1/s1. The maximum atomic E-state index is 12.9. The van der Waals surface area contributed by atoms with Gasteiger partial charge in [0.2, 0.25) is 11.8 Å². The summed E-state index contributed by atoms with van der Waals surface area (Å²) in [5, 5.41) is 4.63. The number of carbonyl (C=O) groups is 2. The summed E-state index contributed by atoms with van der Waals surface area (Å²) in [5.74, 6) is 2.13. The number of hydroxylamine groups is 2. The summed E-state index contributed by atoms with van der Waals surface area (Å²) in [4.78, 5) is 29.9. The van der Waals surface area contributed by atoms with E-state index in [1.54, 1.807) is 20.2 Å². The van der Waals surface area contributed by atoms with Gasteiger partial charge < -0.3 is 5.32 Å². The van der Waals surface area contributed by atoms with E-state index in [-0.39, 0.29) is 34.6 Å². The minimum atomic E-state index is 0.0562. The van der Waals surface area contributed by atoms with Crippen molar-refractivity contribution in [3.63, 3.8) is 0 Å². The quantitative estimate of drug-likeness (QED) is 0.770. The SMILES string of the molecule is CON(C)C(=O)C1CCC2C3CC[C@H]4NC(=O)C=CC4(C)C3CCC12C.